The number of carbonyl (C=O) groups is 1. The van der Waals surface area contributed by atoms with E-state index in [1.165, 1.54) is 17.8 Å². The topological polar surface area (TPSA) is 145 Å². The first-order valence-electron chi connectivity index (χ1n) is 9.39. The van der Waals surface area contributed by atoms with Crippen molar-refractivity contribution in [2.24, 2.45) is 7.05 Å². The Morgan fingerprint density at radius 1 is 1.12 bits per heavy atom. The van der Waals surface area contributed by atoms with Crippen LogP contribution in [0.5, 0.6) is 11.5 Å². The third kappa shape index (κ3) is 4.75. The van der Waals surface area contributed by atoms with Gasteiger partial charge in [0.15, 0.2) is 0 Å². The molecule has 3 rings (SSSR count). The minimum Gasteiger partial charge on any atom is -0.468 e. The predicted octanol–water partition coefficient (Wildman–Crippen LogP) is 1.95. The second-order valence-corrected chi connectivity index (χ2v) is 8.00. The number of thioether (sulfide) groups is 1. The molecule has 0 atom stereocenters. The molecule has 0 unspecified atom stereocenters. The zero-order chi connectivity index (χ0) is 25.2. The monoisotopic (exact) mass is 508 g/mol. The molecule has 0 amide bonds. The minimum absolute atomic E-state index is 0.0269. The molecule has 1 aromatic heterocycles. The van der Waals surface area contributed by atoms with Crippen molar-refractivity contribution in [2.75, 3.05) is 13.4 Å². The predicted molar refractivity (Wildman–Crippen MR) is 124 cm³/mol. The first-order valence-corrected chi connectivity index (χ1v) is 11.0. The molecule has 178 valence electrons. The van der Waals surface area contributed by atoms with E-state index in [9.17, 15) is 29.3 Å². The van der Waals surface area contributed by atoms with E-state index in [0.29, 0.717) is 13.7 Å². The number of esters is 1. The molecular weight excluding hydrogens is 492 g/mol. The lowest BCUT2D eigenvalue weighted by Gasteiger charge is -2.13. The molecule has 0 aliphatic carbocycles. The third-order valence-corrected chi connectivity index (χ3v) is 5.71. The minimum atomic E-state index is -1.26. The summed E-state index contributed by atoms with van der Waals surface area (Å²) in [6, 6.07) is 8.40. The summed E-state index contributed by atoms with van der Waals surface area (Å²) in [6.07, 6.45) is 1.87. The number of nitrogens with zero attached hydrogens (tertiary/aromatic N) is 4. The lowest BCUT2D eigenvalue weighted by molar-refractivity contribution is -0.384. The molecule has 0 bridgehead atoms. The first-order chi connectivity index (χ1) is 16.1. The SMILES string of the molecule is COC(=O)Cn1c(=O)n(C)c(=O)n(-c2cc(Oc3ccc(SC)cc3Cl)ccc2[N+](=O)[O-])c1=O. The Hall–Kier alpha value is -3.84. The fraction of sp³-hybridized carbons (Fsp3) is 0.200. The molecule has 12 nitrogen and oxygen atoms in total. The zero-order valence-electron chi connectivity index (χ0n) is 18.0. The maximum atomic E-state index is 13.0. The van der Waals surface area contributed by atoms with E-state index in [1.54, 1.807) is 18.2 Å². The van der Waals surface area contributed by atoms with Crippen molar-refractivity contribution in [1.82, 2.24) is 13.7 Å². The van der Waals surface area contributed by atoms with E-state index >= 15 is 0 Å². The summed E-state index contributed by atoms with van der Waals surface area (Å²) < 4.78 is 11.6. The summed E-state index contributed by atoms with van der Waals surface area (Å²) in [5, 5.41) is 11.9. The number of halogens is 1. The van der Waals surface area contributed by atoms with Crippen molar-refractivity contribution in [3.05, 3.63) is 83.0 Å². The van der Waals surface area contributed by atoms with Gasteiger partial charge in [-0.05, 0) is 30.5 Å². The molecule has 0 aliphatic rings. The van der Waals surface area contributed by atoms with Gasteiger partial charge in [0.1, 0.15) is 23.7 Å². The number of aromatic nitrogens is 3. The van der Waals surface area contributed by atoms with Gasteiger partial charge in [0.05, 0.1) is 17.1 Å². The largest absolute Gasteiger partial charge is 0.468 e. The lowest BCUT2D eigenvalue weighted by Crippen LogP contribution is -2.53. The smallest absolute Gasteiger partial charge is 0.341 e. The Bertz CT molecular complexity index is 1480. The number of hydrogen-bond acceptors (Lipinski definition) is 9. The molecule has 14 heteroatoms. The number of nitro groups is 1. The molecule has 34 heavy (non-hydrogen) atoms. The van der Waals surface area contributed by atoms with E-state index in [2.05, 4.69) is 4.74 Å². The van der Waals surface area contributed by atoms with Gasteiger partial charge in [0, 0.05) is 24.1 Å². The van der Waals surface area contributed by atoms with E-state index in [1.807, 2.05) is 6.26 Å². The van der Waals surface area contributed by atoms with Crippen molar-refractivity contribution in [2.45, 2.75) is 11.4 Å². The Kier molecular flexibility index (Phi) is 7.27. The van der Waals surface area contributed by atoms with Gasteiger partial charge in [-0.1, -0.05) is 11.6 Å². The average Bonchev–Trinajstić information content (AvgIpc) is 2.81. The van der Waals surface area contributed by atoms with Crippen LogP contribution in [0, 0.1) is 10.1 Å². The van der Waals surface area contributed by atoms with Crippen LogP contribution in [-0.4, -0.2) is 38.0 Å². The van der Waals surface area contributed by atoms with Crippen LogP contribution in [0.3, 0.4) is 0 Å². The van der Waals surface area contributed by atoms with Gasteiger partial charge in [-0.25, -0.2) is 28.1 Å². The van der Waals surface area contributed by atoms with Crippen molar-refractivity contribution >= 4 is 35.0 Å². The maximum Gasteiger partial charge on any atom is 0.341 e. The van der Waals surface area contributed by atoms with Crippen molar-refractivity contribution in [1.29, 1.82) is 0 Å². The van der Waals surface area contributed by atoms with Gasteiger partial charge in [0.25, 0.3) is 5.69 Å². The molecule has 0 N–H and O–H groups in total. The highest BCUT2D eigenvalue weighted by Crippen LogP contribution is 2.34. The molecule has 0 saturated heterocycles. The second kappa shape index (κ2) is 9.97. The number of ether oxygens (including phenoxy) is 2. The third-order valence-electron chi connectivity index (χ3n) is 4.68. The molecular formula is C20H17ClN4O8S. The standard InChI is InChI=1S/C20H17ClN4O8S/c1-22-18(27)23(10-17(26)32-2)20(29)24(19(22)28)15-8-11(4-6-14(15)25(30)31)33-16-7-5-12(34-3)9-13(16)21/h4-9H,10H2,1-3H3. The normalized spacial score (nSPS) is 10.7. The number of methoxy groups -OCH3 is 1. The van der Waals surface area contributed by atoms with Gasteiger partial charge in [-0.3, -0.25) is 14.9 Å². The summed E-state index contributed by atoms with van der Waals surface area (Å²) in [5.41, 5.74) is -4.59. The van der Waals surface area contributed by atoms with Gasteiger partial charge >= 0.3 is 23.0 Å². The van der Waals surface area contributed by atoms with E-state index in [-0.39, 0.29) is 16.5 Å². The molecule has 0 aliphatic heterocycles. The van der Waals surface area contributed by atoms with Crippen LogP contribution >= 0.6 is 23.4 Å². The highest BCUT2D eigenvalue weighted by molar-refractivity contribution is 7.98. The Labute approximate surface area is 200 Å². The highest BCUT2D eigenvalue weighted by Gasteiger charge is 2.24. The fourth-order valence-electron chi connectivity index (χ4n) is 2.95. The maximum absolute atomic E-state index is 13.0. The average molecular weight is 509 g/mol. The van der Waals surface area contributed by atoms with Gasteiger partial charge in [-0.15, -0.1) is 11.8 Å². The highest BCUT2D eigenvalue weighted by atomic mass is 35.5. The van der Waals surface area contributed by atoms with E-state index < -0.39 is 45.9 Å². The second-order valence-electron chi connectivity index (χ2n) is 6.71. The number of nitro benzene ring substituents is 1. The molecule has 3 aromatic rings. The Morgan fingerprint density at radius 3 is 2.41 bits per heavy atom. The number of hydrogen-bond donors (Lipinski definition) is 0. The van der Waals surface area contributed by atoms with Crippen LogP contribution in [0.2, 0.25) is 5.02 Å². The number of rotatable bonds is 7. The molecule has 0 spiro atoms. The van der Waals surface area contributed by atoms with Crippen molar-refractivity contribution in [3.8, 4) is 17.2 Å². The molecule has 1 heterocycles. The summed E-state index contributed by atoms with van der Waals surface area (Å²) >= 11 is 7.70. The van der Waals surface area contributed by atoms with Crippen LogP contribution in [0.4, 0.5) is 5.69 Å². The van der Waals surface area contributed by atoms with Gasteiger partial charge < -0.3 is 9.47 Å². The van der Waals surface area contributed by atoms with E-state index in [0.717, 1.165) is 31.2 Å². The summed E-state index contributed by atoms with van der Waals surface area (Å²) in [6.45, 7) is -0.802. The molecule has 0 radical (unpaired) electrons. The molecule has 0 fully saturated rings. The first kappa shape index (κ1) is 24.8. The van der Waals surface area contributed by atoms with Crippen LogP contribution < -0.4 is 21.8 Å². The van der Waals surface area contributed by atoms with Crippen LogP contribution in [0.1, 0.15) is 0 Å². The molecule has 2 aromatic carbocycles. The molecule has 0 saturated carbocycles. The number of carbonyl (C=O) groups excluding carboxylic acids is 1. The summed E-state index contributed by atoms with van der Waals surface area (Å²) in [7, 11) is 2.12. The summed E-state index contributed by atoms with van der Waals surface area (Å²) in [5.74, 6) is -0.673. The van der Waals surface area contributed by atoms with Crippen molar-refractivity contribution in [3.63, 3.8) is 0 Å². The quantitative estimate of drug-likeness (QED) is 0.202. The Morgan fingerprint density at radius 2 is 1.82 bits per heavy atom. The van der Waals surface area contributed by atoms with Crippen LogP contribution in [0.25, 0.3) is 5.69 Å². The zero-order valence-corrected chi connectivity index (χ0v) is 19.6. The van der Waals surface area contributed by atoms with Gasteiger partial charge in [-0.2, -0.15) is 0 Å². The Balaban J connectivity index is 2.24. The lowest BCUT2D eigenvalue weighted by atomic mass is 10.2. The van der Waals surface area contributed by atoms with E-state index in [4.69, 9.17) is 16.3 Å². The van der Waals surface area contributed by atoms with Crippen LogP contribution in [-0.2, 0) is 23.1 Å². The summed E-state index contributed by atoms with van der Waals surface area (Å²) in [4.78, 5) is 61.6. The fourth-order valence-corrected chi connectivity index (χ4v) is 3.67. The van der Waals surface area contributed by atoms with Crippen molar-refractivity contribution < 1.29 is 19.2 Å². The van der Waals surface area contributed by atoms with Gasteiger partial charge in [0.2, 0.25) is 0 Å². The number of benzene rings is 2. The van der Waals surface area contributed by atoms with Crippen LogP contribution in [0.15, 0.2) is 55.7 Å².